The summed E-state index contributed by atoms with van der Waals surface area (Å²) in [5, 5.41) is 0. The van der Waals surface area contributed by atoms with Gasteiger partial charge in [-0.3, -0.25) is 0 Å². The molecule has 158 valence electrons. The van der Waals surface area contributed by atoms with Gasteiger partial charge in [0.15, 0.2) is 0 Å². The summed E-state index contributed by atoms with van der Waals surface area (Å²) in [5.41, 5.74) is 5.77. The summed E-state index contributed by atoms with van der Waals surface area (Å²) in [6.07, 6.45) is 10.0. The molecule has 0 aliphatic carbocycles. The molecule has 0 N–H and O–H groups in total. The molecule has 0 saturated carbocycles. The maximum atomic E-state index is 2.53. The van der Waals surface area contributed by atoms with E-state index in [-0.39, 0.29) is 8.18 Å². The van der Waals surface area contributed by atoms with E-state index in [4.69, 9.17) is 0 Å². The fraction of sp³-hybridized carbons (Fsp3) is 0.400. The van der Waals surface area contributed by atoms with Crippen LogP contribution in [0.5, 0.6) is 0 Å². The molecule has 0 heterocycles. The molecule has 3 aromatic rings. The summed E-state index contributed by atoms with van der Waals surface area (Å²) in [7, 11) is 0. The van der Waals surface area contributed by atoms with E-state index in [2.05, 4.69) is 134 Å². The van der Waals surface area contributed by atoms with Crippen molar-refractivity contribution < 1.29 is 0 Å². The molecule has 0 bridgehead atoms. The van der Waals surface area contributed by atoms with Crippen LogP contribution in [0.3, 0.4) is 0 Å². The Labute approximate surface area is 215 Å². The molecule has 32 heavy (non-hydrogen) atoms. The number of unbranched alkanes of at least 4 members (excludes halogenated alkanes) is 4. The molecule has 0 nitrogen and oxygen atoms in total. The van der Waals surface area contributed by atoms with Crippen LogP contribution in [0.2, 0.25) is 0 Å². The van der Waals surface area contributed by atoms with Crippen molar-refractivity contribution in [1.29, 1.82) is 0 Å². The standard InChI is InChI=1S/C30H36.2Li/c1-3-5-9-22-29(25-16-11-7-12-17-25)27-20-15-21-28(24-27)30(23-10-6-4-2)26-18-13-8-14-19-26;;/h7-8,11-21,24H,3-6,9-10,22-23H2,1-2H3;;. The van der Waals surface area contributed by atoms with E-state index in [1.165, 1.54) is 73.6 Å². The second-order valence-electron chi connectivity index (χ2n) is 9.89. The van der Waals surface area contributed by atoms with E-state index in [0.29, 0.717) is 0 Å². The van der Waals surface area contributed by atoms with Crippen molar-refractivity contribution in [2.24, 2.45) is 0 Å². The van der Waals surface area contributed by atoms with E-state index >= 15 is 0 Å². The van der Waals surface area contributed by atoms with Crippen LogP contribution in [0.15, 0.2) is 84.9 Å². The Balaban J connectivity index is 2.06. The van der Waals surface area contributed by atoms with Crippen molar-refractivity contribution in [3.8, 4) is 0 Å². The third-order valence-corrected chi connectivity index (χ3v) is 7.52. The van der Waals surface area contributed by atoms with Gasteiger partial charge in [-0.15, -0.1) is 0 Å². The van der Waals surface area contributed by atoms with Crippen LogP contribution in [0, 0.1) is 0 Å². The van der Waals surface area contributed by atoms with Gasteiger partial charge in [-0.25, -0.2) is 0 Å². The Morgan fingerprint density at radius 2 is 0.875 bits per heavy atom. The zero-order chi connectivity index (χ0) is 22.9. The molecule has 2 unspecified atom stereocenters. The van der Waals surface area contributed by atoms with E-state index in [1.807, 2.05) is 0 Å². The molecule has 3 aromatic carbocycles. The summed E-state index contributed by atoms with van der Waals surface area (Å²) >= 11 is 4.90. The summed E-state index contributed by atoms with van der Waals surface area (Å²) < 4.78 is 0.0703. The van der Waals surface area contributed by atoms with Gasteiger partial charge in [0.1, 0.15) is 0 Å². The molecular weight excluding hydrogens is 374 g/mol. The summed E-state index contributed by atoms with van der Waals surface area (Å²) in [6.45, 7) is 4.59. The number of hydrogen-bond donors (Lipinski definition) is 0. The third kappa shape index (κ3) is 6.05. The van der Waals surface area contributed by atoms with Crippen LogP contribution in [0.4, 0.5) is 0 Å². The molecule has 0 amide bonds. The molecule has 3 rings (SSSR count). The van der Waals surface area contributed by atoms with Crippen molar-refractivity contribution in [2.45, 2.75) is 73.4 Å². The van der Waals surface area contributed by atoms with Gasteiger partial charge in [0.25, 0.3) is 0 Å². The zero-order valence-electron chi connectivity index (χ0n) is 20.7. The average molecular weight is 411 g/mol. The number of rotatable bonds is 12. The summed E-state index contributed by atoms with van der Waals surface area (Å²) in [6, 6.07) is 31.8. The van der Waals surface area contributed by atoms with Gasteiger partial charge in [-0.05, 0) is 0 Å². The fourth-order valence-electron chi connectivity index (χ4n) is 5.19. The monoisotopic (exact) mass is 410 g/mol. The second-order valence-corrected chi connectivity index (χ2v) is 9.89. The normalized spacial score (nSPS) is 15.2. The van der Waals surface area contributed by atoms with Crippen LogP contribution in [-0.2, 0) is 8.18 Å². The third-order valence-electron chi connectivity index (χ3n) is 7.52. The van der Waals surface area contributed by atoms with Crippen molar-refractivity contribution in [3.05, 3.63) is 107 Å². The first-order valence-corrected chi connectivity index (χ1v) is 12.8. The molecule has 0 aromatic heterocycles. The van der Waals surface area contributed by atoms with Gasteiger partial charge in [-0.1, -0.05) is 0 Å². The van der Waals surface area contributed by atoms with Crippen LogP contribution < -0.4 is 0 Å². The first-order valence-electron chi connectivity index (χ1n) is 12.8. The Morgan fingerprint density at radius 3 is 1.25 bits per heavy atom. The SMILES string of the molecule is [Li][C](CCCCC)(c1ccccc1)c1cccc([C]([Li])(CCCCC)c2ccccc2)c1. The van der Waals surface area contributed by atoms with E-state index in [1.54, 1.807) is 0 Å². The number of benzene rings is 3. The van der Waals surface area contributed by atoms with Gasteiger partial charge in [0.2, 0.25) is 0 Å². The van der Waals surface area contributed by atoms with Gasteiger partial charge in [0.05, 0.1) is 0 Å². The van der Waals surface area contributed by atoms with Crippen molar-refractivity contribution in [2.75, 3.05) is 0 Å². The van der Waals surface area contributed by atoms with Crippen LogP contribution in [-0.4, -0.2) is 35.4 Å². The van der Waals surface area contributed by atoms with Gasteiger partial charge in [-0.2, -0.15) is 0 Å². The first kappa shape index (κ1) is 25.5. The van der Waals surface area contributed by atoms with Crippen molar-refractivity contribution in [1.82, 2.24) is 0 Å². The predicted octanol–water partition coefficient (Wildman–Crippen LogP) is 7.67. The van der Waals surface area contributed by atoms with Gasteiger partial charge < -0.3 is 0 Å². The van der Waals surface area contributed by atoms with E-state index < -0.39 is 0 Å². The molecule has 0 aliphatic heterocycles. The molecule has 0 fully saturated rings. The summed E-state index contributed by atoms with van der Waals surface area (Å²) in [5.74, 6) is 0. The van der Waals surface area contributed by atoms with Crippen LogP contribution in [0.1, 0.15) is 87.5 Å². The van der Waals surface area contributed by atoms with Crippen LogP contribution in [0.25, 0.3) is 0 Å². The Hall–Kier alpha value is -1.15. The molecule has 2 heteroatoms. The minimum atomic E-state index is 0.0352. The molecule has 0 aliphatic rings. The topological polar surface area (TPSA) is 0 Å². The van der Waals surface area contributed by atoms with Crippen LogP contribution >= 0.6 is 0 Å². The van der Waals surface area contributed by atoms with Gasteiger partial charge >= 0.3 is 216 Å². The van der Waals surface area contributed by atoms with Gasteiger partial charge in [0, 0.05) is 0 Å². The quantitative estimate of drug-likeness (QED) is 0.212. The molecule has 0 radical (unpaired) electrons. The molecule has 2 atom stereocenters. The first-order chi connectivity index (χ1) is 15.5. The molecular formula is C30H36Li2. The van der Waals surface area contributed by atoms with E-state index in [9.17, 15) is 0 Å². The average Bonchev–Trinajstić information content (AvgIpc) is 2.85. The Kier molecular flexibility index (Phi) is 9.84. The zero-order valence-corrected chi connectivity index (χ0v) is 20.7. The molecule has 0 spiro atoms. The summed E-state index contributed by atoms with van der Waals surface area (Å²) in [4.78, 5) is 0. The van der Waals surface area contributed by atoms with E-state index in [0.717, 1.165) is 0 Å². The fourth-order valence-corrected chi connectivity index (χ4v) is 5.19. The molecule has 0 saturated heterocycles. The Bertz CT molecular complexity index is 863. The minimum absolute atomic E-state index is 0.0352. The Morgan fingerprint density at radius 1 is 0.500 bits per heavy atom. The second kappa shape index (κ2) is 12.4. The predicted molar refractivity (Wildman–Crippen MR) is 141 cm³/mol. The van der Waals surface area contributed by atoms with Crippen molar-refractivity contribution in [3.63, 3.8) is 0 Å². The maximum absolute atomic E-state index is 2.53. The van der Waals surface area contributed by atoms with Crippen molar-refractivity contribution >= 4 is 35.4 Å². The number of hydrogen-bond acceptors (Lipinski definition) is 0.